The van der Waals surface area contributed by atoms with Crippen LogP contribution in [0.4, 0.5) is 4.39 Å². The van der Waals surface area contributed by atoms with Crippen LogP contribution in [-0.4, -0.2) is 9.56 Å². The summed E-state index contributed by atoms with van der Waals surface area (Å²) in [6, 6.07) is 9.37. The molecule has 0 aliphatic heterocycles. The molecular formula is C20H15ClFN3O3. The molecule has 28 heavy (non-hydrogen) atoms. The Morgan fingerprint density at radius 3 is 2.71 bits per heavy atom. The zero-order valence-corrected chi connectivity index (χ0v) is 15.8. The van der Waals surface area contributed by atoms with E-state index in [-0.39, 0.29) is 17.1 Å². The fraction of sp³-hybridized carbons (Fsp3) is 0.150. The minimum Gasteiger partial charge on any atom is -0.842 e. The lowest BCUT2D eigenvalue weighted by molar-refractivity contribution is -0.708. The highest BCUT2D eigenvalue weighted by molar-refractivity contribution is 6.30. The van der Waals surface area contributed by atoms with Gasteiger partial charge in [-0.05, 0) is 37.6 Å². The largest absolute Gasteiger partial charge is 0.842 e. The Labute approximate surface area is 164 Å². The first-order chi connectivity index (χ1) is 13.4. The summed E-state index contributed by atoms with van der Waals surface area (Å²) in [6.07, 6.45) is 1.59. The third-order valence-electron chi connectivity index (χ3n) is 4.61. The fourth-order valence-corrected chi connectivity index (χ4v) is 3.51. The molecule has 0 atom stereocenters. The topological polar surface area (TPSA) is 74.5 Å². The van der Waals surface area contributed by atoms with E-state index in [4.69, 9.17) is 16.1 Å². The van der Waals surface area contributed by atoms with Crippen LogP contribution in [0.1, 0.15) is 17.0 Å². The third kappa shape index (κ3) is 2.84. The van der Waals surface area contributed by atoms with Gasteiger partial charge in [-0.3, -0.25) is 0 Å². The first-order valence-electron chi connectivity index (χ1n) is 8.50. The normalized spacial score (nSPS) is 11.3. The molecule has 0 unspecified atom stereocenters. The summed E-state index contributed by atoms with van der Waals surface area (Å²) < 4.78 is 21.5. The van der Waals surface area contributed by atoms with Gasteiger partial charge in [0, 0.05) is 6.07 Å². The molecule has 0 N–H and O–H groups in total. The van der Waals surface area contributed by atoms with Crippen LogP contribution >= 0.6 is 11.6 Å². The predicted octanol–water partition coefficient (Wildman–Crippen LogP) is 2.77. The Balaban J connectivity index is 2.03. The molecule has 0 aliphatic rings. The fourth-order valence-electron chi connectivity index (χ4n) is 3.30. The van der Waals surface area contributed by atoms with E-state index in [1.54, 1.807) is 44.3 Å². The molecule has 1 aromatic carbocycles. The van der Waals surface area contributed by atoms with Gasteiger partial charge in [-0.2, -0.15) is 4.40 Å². The number of hydrogen-bond acceptors (Lipinski definition) is 4. The van der Waals surface area contributed by atoms with Crippen molar-refractivity contribution in [1.29, 1.82) is 0 Å². The van der Waals surface area contributed by atoms with Gasteiger partial charge in [-0.25, -0.2) is 13.8 Å². The Bertz CT molecular complexity index is 1260. The van der Waals surface area contributed by atoms with E-state index in [1.165, 1.54) is 21.1 Å². The maximum Gasteiger partial charge on any atom is 0.349 e. The van der Waals surface area contributed by atoms with Gasteiger partial charge < -0.3 is 9.63 Å². The molecule has 0 fully saturated rings. The van der Waals surface area contributed by atoms with E-state index in [0.717, 1.165) is 0 Å². The van der Waals surface area contributed by atoms with Crippen LogP contribution in [0.5, 0.6) is 5.88 Å². The molecule has 142 valence electrons. The van der Waals surface area contributed by atoms with Crippen LogP contribution in [-0.2, 0) is 6.54 Å². The average molecular weight is 400 g/mol. The van der Waals surface area contributed by atoms with Gasteiger partial charge in [-0.1, -0.05) is 28.9 Å². The highest BCUT2D eigenvalue weighted by atomic mass is 35.5. The van der Waals surface area contributed by atoms with Crippen LogP contribution < -0.4 is 15.2 Å². The van der Waals surface area contributed by atoms with Crippen molar-refractivity contribution in [2.45, 2.75) is 20.4 Å². The molecule has 4 aromatic rings. The lowest BCUT2D eigenvalue weighted by Crippen LogP contribution is -2.44. The van der Waals surface area contributed by atoms with Gasteiger partial charge >= 0.3 is 5.56 Å². The number of rotatable bonds is 3. The average Bonchev–Trinajstić information content (AvgIpc) is 3.00. The quantitative estimate of drug-likeness (QED) is 0.496. The van der Waals surface area contributed by atoms with Crippen LogP contribution in [0.25, 0.3) is 16.8 Å². The van der Waals surface area contributed by atoms with Crippen molar-refractivity contribution in [3.05, 3.63) is 80.8 Å². The lowest BCUT2D eigenvalue weighted by atomic mass is 10.1. The molecule has 0 radical (unpaired) electrons. The zero-order valence-electron chi connectivity index (χ0n) is 15.1. The highest BCUT2D eigenvalue weighted by Crippen LogP contribution is 2.28. The van der Waals surface area contributed by atoms with Crippen molar-refractivity contribution < 1.29 is 18.6 Å². The first-order valence-corrected chi connectivity index (χ1v) is 8.87. The van der Waals surface area contributed by atoms with Crippen LogP contribution in [0, 0.1) is 19.7 Å². The van der Waals surface area contributed by atoms with E-state index in [1.807, 2.05) is 0 Å². The summed E-state index contributed by atoms with van der Waals surface area (Å²) in [7, 11) is 0. The molecular weight excluding hydrogens is 385 g/mol. The van der Waals surface area contributed by atoms with Crippen molar-refractivity contribution in [3.8, 4) is 17.0 Å². The number of aryl methyl sites for hydroxylation is 2. The summed E-state index contributed by atoms with van der Waals surface area (Å²) in [6.45, 7) is 3.44. The second kappa shape index (κ2) is 6.76. The molecule has 0 amide bonds. The predicted molar refractivity (Wildman–Crippen MR) is 98.8 cm³/mol. The summed E-state index contributed by atoms with van der Waals surface area (Å²) in [5.74, 6) is -0.631. The van der Waals surface area contributed by atoms with Gasteiger partial charge in [0.15, 0.2) is 0 Å². The Morgan fingerprint density at radius 1 is 1.25 bits per heavy atom. The van der Waals surface area contributed by atoms with Crippen molar-refractivity contribution in [2.75, 3.05) is 0 Å². The molecule has 0 aliphatic carbocycles. The molecule has 3 aromatic heterocycles. The van der Waals surface area contributed by atoms with Gasteiger partial charge in [0.25, 0.3) is 5.65 Å². The van der Waals surface area contributed by atoms with Crippen molar-refractivity contribution in [1.82, 2.24) is 9.56 Å². The second-order valence-corrected chi connectivity index (χ2v) is 6.86. The Morgan fingerprint density at radius 2 is 2.04 bits per heavy atom. The number of halogens is 2. The number of benzene rings is 1. The number of fused-ring (bicyclic) bond motifs is 1. The highest BCUT2D eigenvalue weighted by Gasteiger charge is 2.24. The Hall–Kier alpha value is -3.19. The van der Waals surface area contributed by atoms with E-state index >= 15 is 0 Å². The molecule has 0 saturated carbocycles. The summed E-state index contributed by atoms with van der Waals surface area (Å²) >= 11 is 5.88. The minimum absolute atomic E-state index is 0.0202. The maximum atomic E-state index is 13.5. The number of hydrogen-bond donors (Lipinski definition) is 0. The summed E-state index contributed by atoms with van der Waals surface area (Å²) in [5.41, 5.74) is 1.41. The monoisotopic (exact) mass is 399 g/mol. The van der Waals surface area contributed by atoms with E-state index in [2.05, 4.69) is 5.16 Å². The summed E-state index contributed by atoms with van der Waals surface area (Å²) in [4.78, 5) is 13.1. The van der Waals surface area contributed by atoms with Gasteiger partial charge in [-0.15, -0.1) is 0 Å². The molecule has 0 saturated heterocycles. The summed E-state index contributed by atoms with van der Waals surface area (Å²) in [5, 5.41) is 17.2. The van der Waals surface area contributed by atoms with E-state index < -0.39 is 17.3 Å². The standard InChI is InChI=1S/C20H15ClFN3O3/c1-11-17(12(2)28-23-11)18-19(26)24-8-4-3-5-16(24)25(20(18)27)10-13-6-7-15(22)14(21)9-13/h3-9H,10H2,1-2H3. The second-order valence-electron chi connectivity index (χ2n) is 6.45. The molecule has 0 spiro atoms. The van der Waals surface area contributed by atoms with Crippen LogP contribution in [0.2, 0.25) is 5.02 Å². The number of nitrogens with zero attached hydrogens (tertiary/aromatic N) is 3. The molecule has 6 nitrogen and oxygen atoms in total. The Kier molecular flexibility index (Phi) is 4.39. The van der Waals surface area contributed by atoms with Crippen molar-refractivity contribution >= 4 is 17.2 Å². The first kappa shape index (κ1) is 18.2. The van der Waals surface area contributed by atoms with Gasteiger partial charge in [0.1, 0.15) is 23.7 Å². The van der Waals surface area contributed by atoms with Gasteiger partial charge in [0.2, 0.25) is 0 Å². The van der Waals surface area contributed by atoms with Crippen molar-refractivity contribution in [3.63, 3.8) is 0 Å². The lowest BCUT2D eigenvalue weighted by Gasteiger charge is -2.17. The maximum absolute atomic E-state index is 13.5. The minimum atomic E-state index is -0.539. The van der Waals surface area contributed by atoms with Crippen molar-refractivity contribution in [2.24, 2.45) is 0 Å². The van der Waals surface area contributed by atoms with Crippen LogP contribution in [0.15, 0.2) is 51.9 Å². The third-order valence-corrected chi connectivity index (χ3v) is 4.90. The molecule has 3 heterocycles. The van der Waals surface area contributed by atoms with E-state index in [0.29, 0.717) is 28.2 Å². The molecule has 8 heteroatoms. The zero-order chi connectivity index (χ0) is 20.0. The molecule has 4 rings (SSSR count). The smallest absolute Gasteiger partial charge is 0.349 e. The SMILES string of the molecule is Cc1noc(C)c1-c1c([O-])[n+](Cc2ccc(F)c(Cl)c2)c2ccccn2c1=O. The number of aromatic nitrogens is 3. The number of pyridine rings is 1. The molecule has 0 bridgehead atoms. The van der Waals surface area contributed by atoms with Crippen LogP contribution in [0.3, 0.4) is 0 Å². The van der Waals surface area contributed by atoms with Gasteiger partial charge in [0.05, 0.1) is 28.4 Å². The van der Waals surface area contributed by atoms with E-state index in [9.17, 15) is 14.3 Å².